The molecule has 6 heteroatoms. The van der Waals surface area contributed by atoms with E-state index < -0.39 is 11.8 Å². The monoisotopic (exact) mass is 272 g/mol. The summed E-state index contributed by atoms with van der Waals surface area (Å²) in [5, 5.41) is 12.2. The Morgan fingerprint density at radius 1 is 1.10 bits per heavy atom. The average Bonchev–Trinajstić information content (AvgIpc) is 2.42. The van der Waals surface area contributed by atoms with Crippen LogP contribution in [-0.4, -0.2) is 11.9 Å². The molecule has 2 aromatic carbocycles. The van der Waals surface area contributed by atoms with Crippen LogP contribution in [0.1, 0.15) is 5.56 Å². The number of nitrogen functional groups attached to an aromatic ring is 1. The minimum Gasteiger partial charge on any atom is -0.384 e. The van der Waals surface area contributed by atoms with Crippen LogP contribution >= 0.6 is 0 Å². The first-order valence-electron chi connectivity index (χ1n) is 5.83. The van der Waals surface area contributed by atoms with Crippen LogP contribution in [0.5, 0.6) is 0 Å². The van der Waals surface area contributed by atoms with E-state index in [1.807, 2.05) is 6.07 Å². The lowest BCUT2D eigenvalue weighted by Crippen LogP contribution is -2.20. The van der Waals surface area contributed by atoms with Crippen molar-refractivity contribution >= 4 is 23.2 Å². The minimum absolute atomic E-state index is 0.0171. The largest absolute Gasteiger partial charge is 0.384 e. The van der Waals surface area contributed by atoms with Gasteiger partial charge in [0.2, 0.25) is 0 Å². The van der Waals surface area contributed by atoms with Crippen LogP contribution in [0.2, 0.25) is 0 Å². The molecule has 5 N–H and O–H groups in total. The maximum Gasteiger partial charge on any atom is 0.323 e. The SMILES string of the molecule is N=C(N)c1ccc(NC(=O)Nc2ccccc2)c(F)c1. The molecule has 0 heterocycles. The highest BCUT2D eigenvalue weighted by atomic mass is 19.1. The van der Waals surface area contributed by atoms with Crippen LogP contribution in [0.4, 0.5) is 20.6 Å². The lowest BCUT2D eigenvalue weighted by molar-refractivity contribution is 0.262. The van der Waals surface area contributed by atoms with Crippen molar-refractivity contribution in [2.24, 2.45) is 5.73 Å². The van der Waals surface area contributed by atoms with Crippen molar-refractivity contribution in [3.05, 3.63) is 59.9 Å². The molecular formula is C14H13FN4O. The Hall–Kier alpha value is -2.89. The van der Waals surface area contributed by atoms with Crippen molar-refractivity contribution in [1.29, 1.82) is 5.41 Å². The van der Waals surface area contributed by atoms with E-state index in [1.165, 1.54) is 12.1 Å². The first kappa shape index (κ1) is 13.5. The van der Waals surface area contributed by atoms with Crippen molar-refractivity contribution in [2.45, 2.75) is 0 Å². The van der Waals surface area contributed by atoms with Crippen molar-refractivity contribution in [1.82, 2.24) is 0 Å². The molecule has 0 spiro atoms. The number of carbonyl (C=O) groups is 1. The summed E-state index contributed by atoms with van der Waals surface area (Å²) >= 11 is 0. The first-order chi connectivity index (χ1) is 9.56. The summed E-state index contributed by atoms with van der Waals surface area (Å²) in [6.45, 7) is 0. The van der Waals surface area contributed by atoms with Gasteiger partial charge in [0.05, 0.1) is 5.69 Å². The number of nitrogens with two attached hydrogens (primary N) is 1. The molecule has 102 valence electrons. The summed E-state index contributed by atoms with van der Waals surface area (Å²) in [7, 11) is 0. The second-order valence-electron chi connectivity index (χ2n) is 4.05. The van der Waals surface area contributed by atoms with Gasteiger partial charge >= 0.3 is 6.03 Å². The van der Waals surface area contributed by atoms with Gasteiger partial charge in [0.1, 0.15) is 11.7 Å². The quantitative estimate of drug-likeness (QED) is 0.511. The van der Waals surface area contributed by atoms with Crippen LogP contribution in [0.25, 0.3) is 0 Å². The Morgan fingerprint density at radius 2 is 1.80 bits per heavy atom. The predicted octanol–water partition coefficient (Wildman–Crippen LogP) is 2.75. The number of amidine groups is 1. The Morgan fingerprint density at radius 3 is 2.40 bits per heavy atom. The van der Waals surface area contributed by atoms with Crippen molar-refractivity contribution < 1.29 is 9.18 Å². The van der Waals surface area contributed by atoms with Gasteiger partial charge in [0.15, 0.2) is 0 Å². The highest BCUT2D eigenvalue weighted by Crippen LogP contribution is 2.16. The van der Waals surface area contributed by atoms with Gasteiger partial charge in [-0.3, -0.25) is 5.41 Å². The third-order valence-corrected chi connectivity index (χ3v) is 2.56. The number of hydrogen-bond donors (Lipinski definition) is 4. The molecular weight excluding hydrogens is 259 g/mol. The molecule has 0 aromatic heterocycles. The predicted molar refractivity (Wildman–Crippen MR) is 76.5 cm³/mol. The molecule has 0 saturated heterocycles. The third-order valence-electron chi connectivity index (χ3n) is 2.56. The van der Waals surface area contributed by atoms with Gasteiger partial charge in [-0.15, -0.1) is 0 Å². The van der Waals surface area contributed by atoms with Gasteiger partial charge in [-0.25, -0.2) is 9.18 Å². The zero-order chi connectivity index (χ0) is 14.5. The lowest BCUT2D eigenvalue weighted by Gasteiger charge is -2.09. The number of hydrogen-bond acceptors (Lipinski definition) is 2. The standard InChI is InChI=1S/C14H13FN4O/c15-11-8-9(13(16)17)6-7-12(11)19-14(20)18-10-4-2-1-3-5-10/h1-8H,(H3,16,17)(H2,18,19,20). The molecule has 2 rings (SSSR count). The fourth-order valence-corrected chi connectivity index (χ4v) is 1.59. The minimum atomic E-state index is -0.652. The Balaban J connectivity index is 2.06. The highest BCUT2D eigenvalue weighted by Gasteiger charge is 2.08. The average molecular weight is 272 g/mol. The lowest BCUT2D eigenvalue weighted by atomic mass is 10.2. The molecule has 2 amide bonds. The van der Waals surface area contributed by atoms with Gasteiger partial charge in [-0.05, 0) is 30.3 Å². The van der Waals surface area contributed by atoms with Gasteiger partial charge in [-0.2, -0.15) is 0 Å². The zero-order valence-electron chi connectivity index (χ0n) is 10.5. The molecule has 0 aliphatic carbocycles. The summed E-state index contributed by atoms with van der Waals surface area (Å²) in [5.74, 6) is -0.884. The van der Waals surface area contributed by atoms with E-state index >= 15 is 0 Å². The summed E-state index contributed by atoms with van der Waals surface area (Å²) in [6, 6.07) is 12.2. The van der Waals surface area contributed by atoms with Crippen LogP contribution in [0, 0.1) is 11.2 Å². The molecule has 0 saturated carbocycles. The molecule has 0 bridgehead atoms. The van der Waals surface area contributed by atoms with Crippen LogP contribution in [-0.2, 0) is 0 Å². The fraction of sp³-hybridized carbons (Fsp3) is 0. The number of para-hydroxylation sites is 1. The number of amides is 2. The summed E-state index contributed by atoms with van der Waals surface area (Å²) < 4.78 is 13.7. The van der Waals surface area contributed by atoms with Gasteiger partial charge in [0.25, 0.3) is 0 Å². The fourth-order valence-electron chi connectivity index (χ4n) is 1.59. The molecule has 2 aromatic rings. The number of carbonyl (C=O) groups excluding carboxylic acids is 1. The van der Waals surface area contributed by atoms with Crippen molar-refractivity contribution in [2.75, 3.05) is 10.6 Å². The maximum atomic E-state index is 13.7. The molecule has 0 aliphatic rings. The van der Waals surface area contributed by atoms with E-state index in [0.29, 0.717) is 5.69 Å². The number of halogens is 1. The van der Waals surface area contributed by atoms with Gasteiger partial charge in [-0.1, -0.05) is 18.2 Å². The van der Waals surface area contributed by atoms with Crippen molar-refractivity contribution in [3.8, 4) is 0 Å². The molecule has 0 fully saturated rings. The first-order valence-corrected chi connectivity index (χ1v) is 5.83. The number of urea groups is 1. The van der Waals surface area contributed by atoms with Crippen molar-refractivity contribution in [3.63, 3.8) is 0 Å². The molecule has 0 aliphatic heterocycles. The number of anilines is 2. The second kappa shape index (κ2) is 5.83. The zero-order valence-corrected chi connectivity index (χ0v) is 10.5. The Labute approximate surface area is 115 Å². The van der Waals surface area contributed by atoms with E-state index in [9.17, 15) is 9.18 Å². The van der Waals surface area contributed by atoms with Gasteiger partial charge in [0, 0.05) is 11.3 Å². The van der Waals surface area contributed by atoms with E-state index in [0.717, 1.165) is 6.07 Å². The number of rotatable bonds is 3. The number of nitrogens with one attached hydrogen (secondary N) is 3. The Bertz CT molecular complexity index is 643. The van der Waals surface area contributed by atoms with E-state index in [1.54, 1.807) is 24.3 Å². The smallest absolute Gasteiger partial charge is 0.323 e. The Kier molecular flexibility index (Phi) is 3.95. The normalized spacial score (nSPS) is 9.85. The third kappa shape index (κ3) is 3.32. The molecule has 0 radical (unpaired) electrons. The molecule has 0 unspecified atom stereocenters. The summed E-state index contributed by atoms with van der Waals surface area (Å²) in [4.78, 5) is 11.7. The van der Waals surface area contributed by atoms with Crippen LogP contribution < -0.4 is 16.4 Å². The van der Waals surface area contributed by atoms with E-state index in [-0.39, 0.29) is 17.1 Å². The van der Waals surface area contributed by atoms with Crippen LogP contribution in [0.3, 0.4) is 0 Å². The topological polar surface area (TPSA) is 91.0 Å². The second-order valence-corrected chi connectivity index (χ2v) is 4.05. The molecule has 5 nitrogen and oxygen atoms in total. The number of benzene rings is 2. The molecule has 0 atom stereocenters. The highest BCUT2D eigenvalue weighted by molar-refractivity contribution is 6.00. The van der Waals surface area contributed by atoms with E-state index in [2.05, 4.69) is 10.6 Å². The maximum absolute atomic E-state index is 13.7. The van der Waals surface area contributed by atoms with Crippen LogP contribution in [0.15, 0.2) is 48.5 Å². The summed E-state index contributed by atoms with van der Waals surface area (Å²) in [6.07, 6.45) is 0. The summed E-state index contributed by atoms with van der Waals surface area (Å²) in [5.41, 5.74) is 6.13. The molecule has 20 heavy (non-hydrogen) atoms. The van der Waals surface area contributed by atoms with E-state index in [4.69, 9.17) is 11.1 Å². The van der Waals surface area contributed by atoms with Gasteiger partial charge < -0.3 is 16.4 Å².